The molecule has 1 amide bonds. The molecule has 114 valence electrons. The van der Waals surface area contributed by atoms with Crippen LogP contribution >= 0.6 is 15.9 Å². The van der Waals surface area contributed by atoms with Crippen molar-refractivity contribution in [3.63, 3.8) is 0 Å². The minimum atomic E-state index is 0.170. The van der Waals surface area contributed by atoms with E-state index in [0.29, 0.717) is 5.92 Å². The molecule has 0 aromatic heterocycles. The molecular weight excluding hydrogens is 328 g/mol. The second kappa shape index (κ2) is 6.49. The summed E-state index contributed by atoms with van der Waals surface area (Å²) in [4.78, 5) is 14.6. The molecule has 3 nitrogen and oxygen atoms in total. The monoisotopic (exact) mass is 350 g/mol. The normalized spacial score (nSPS) is 29.1. The molecule has 3 rings (SSSR count). The number of piperidine rings is 1. The fourth-order valence-corrected chi connectivity index (χ4v) is 4.16. The number of fused-ring (bicyclic) bond motifs is 1. The molecule has 2 aliphatic rings. The number of carbonyl (C=O) groups is 1. The van der Waals surface area contributed by atoms with Gasteiger partial charge in [-0.25, -0.2) is 0 Å². The highest BCUT2D eigenvalue weighted by molar-refractivity contribution is 9.10. The van der Waals surface area contributed by atoms with Crippen molar-refractivity contribution in [2.45, 2.75) is 44.8 Å². The molecule has 21 heavy (non-hydrogen) atoms. The van der Waals surface area contributed by atoms with Crippen LogP contribution in [0.1, 0.15) is 37.7 Å². The number of nitrogens with one attached hydrogen (secondary N) is 1. The number of benzene rings is 1. The van der Waals surface area contributed by atoms with Gasteiger partial charge in [-0.2, -0.15) is 0 Å². The molecule has 0 radical (unpaired) electrons. The standard InChI is InChI=1S/C17H23BrN2O/c1-20(11-13-7-3-5-9-15(13)18)16-10-12-6-2-4-8-14(12)17(21)19-16/h3,5,7,9,12,14,16H,2,4,6,8,10-11H2,1H3,(H,19,21). The summed E-state index contributed by atoms with van der Waals surface area (Å²) >= 11 is 3.60. The maximum atomic E-state index is 12.3. The number of hydrogen-bond acceptors (Lipinski definition) is 2. The molecule has 1 aromatic carbocycles. The summed E-state index contributed by atoms with van der Waals surface area (Å²) < 4.78 is 1.13. The molecular formula is C17H23BrN2O. The van der Waals surface area contributed by atoms with E-state index in [0.717, 1.165) is 23.9 Å². The zero-order chi connectivity index (χ0) is 14.8. The van der Waals surface area contributed by atoms with Crippen LogP contribution in [0.25, 0.3) is 0 Å². The van der Waals surface area contributed by atoms with Gasteiger partial charge in [-0.3, -0.25) is 9.69 Å². The average Bonchev–Trinajstić information content (AvgIpc) is 2.49. The Morgan fingerprint density at radius 3 is 2.86 bits per heavy atom. The Morgan fingerprint density at radius 2 is 2.05 bits per heavy atom. The van der Waals surface area contributed by atoms with Gasteiger partial charge in [0, 0.05) is 16.9 Å². The molecule has 2 fully saturated rings. The molecule has 0 bridgehead atoms. The highest BCUT2D eigenvalue weighted by Gasteiger charge is 2.38. The Kier molecular flexibility index (Phi) is 4.65. The summed E-state index contributed by atoms with van der Waals surface area (Å²) in [5.74, 6) is 1.13. The average molecular weight is 351 g/mol. The van der Waals surface area contributed by atoms with Crippen molar-refractivity contribution >= 4 is 21.8 Å². The van der Waals surface area contributed by atoms with Crippen LogP contribution in [0.4, 0.5) is 0 Å². The van der Waals surface area contributed by atoms with Crippen LogP contribution in [0.3, 0.4) is 0 Å². The minimum Gasteiger partial charge on any atom is -0.340 e. The number of halogens is 1. The quantitative estimate of drug-likeness (QED) is 0.904. The molecule has 3 unspecified atom stereocenters. The first-order valence-corrected chi connectivity index (χ1v) is 8.68. The van der Waals surface area contributed by atoms with Crippen LogP contribution < -0.4 is 5.32 Å². The molecule has 1 aliphatic heterocycles. The lowest BCUT2D eigenvalue weighted by atomic mass is 9.74. The van der Waals surface area contributed by atoms with E-state index in [1.54, 1.807) is 0 Å². The summed E-state index contributed by atoms with van der Waals surface area (Å²) in [5, 5.41) is 3.23. The van der Waals surface area contributed by atoms with Crippen molar-refractivity contribution in [1.29, 1.82) is 0 Å². The Balaban J connectivity index is 1.66. The Morgan fingerprint density at radius 1 is 1.29 bits per heavy atom. The Bertz CT molecular complexity index is 519. The third-order valence-electron chi connectivity index (χ3n) is 4.99. The number of rotatable bonds is 3. The van der Waals surface area contributed by atoms with E-state index in [2.05, 4.69) is 51.4 Å². The molecule has 1 aromatic rings. The van der Waals surface area contributed by atoms with E-state index in [4.69, 9.17) is 0 Å². The third-order valence-corrected chi connectivity index (χ3v) is 5.76. The summed E-state index contributed by atoms with van der Waals surface area (Å²) in [6, 6.07) is 8.29. The van der Waals surface area contributed by atoms with Gasteiger partial charge in [-0.15, -0.1) is 0 Å². The molecule has 1 heterocycles. The van der Waals surface area contributed by atoms with Crippen molar-refractivity contribution in [2.24, 2.45) is 11.8 Å². The van der Waals surface area contributed by atoms with E-state index >= 15 is 0 Å². The van der Waals surface area contributed by atoms with Crippen LogP contribution in [0.5, 0.6) is 0 Å². The molecule has 1 saturated carbocycles. The lowest BCUT2D eigenvalue weighted by molar-refractivity contribution is -0.134. The van der Waals surface area contributed by atoms with Crippen molar-refractivity contribution < 1.29 is 4.79 Å². The summed E-state index contributed by atoms with van der Waals surface area (Å²) in [7, 11) is 2.10. The molecule has 4 heteroatoms. The van der Waals surface area contributed by atoms with Gasteiger partial charge in [0.25, 0.3) is 0 Å². The molecule has 3 atom stereocenters. The highest BCUT2D eigenvalue weighted by atomic mass is 79.9. The van der Waals surface area contributed by atoms with Crippen LogP contribution in [0, 0.1) is 11.8 Å². The predicted molar refractivity (Wildman–Crippen MR) is 87.6 cm³/mol. The fourth-order valence-electron chi connectivity index (χ4n) is 3.75. The Hall–Kier alpha value is -0.870. The van der Waals surface area contributed by atoms with Gasteiger partial charge in [0.15, 0.2) is 0 Å². The van der Waals surface area contributed by atoms with Gasteiger partial charge in [0.05, 0.1) is 6.17 Å². The first-order chi connectivity index (χ1) is 10.1. The maximum absolute atomic E-state index is 12.3. The van der Waals surface area contributed by atoms with Gasteiger partial charge < -0.3 is 5.32 Å². The van der Waals surface area contributed by atoms with Gasteiger partial charge >= 0.3 is 0 Å². The highest BCUT2D eigenvalue weighted by Crippen LogP contribution is 2.36. The summed E-state index contributed by atoms with van der Waals surface area (Å²) in [5.41, 5.74) is 1.26. The first-order valence-electron chi connectivity index (χ1n) is 7.89. The second-order valence-electron chi connectivity index (χ2n) is 6.42. The second-order valence-corrected chi connectivity index (χ2v) is 7.27. The number of amides is 1. The van der Waals surface area contributed by atoms with Crippen LogP contribution in [0.15, 0.2) is 28.7 Å². The smallest absolute Gasteiger partial charge is 0.224 e. The van der Waals surface area contributed by atoms with Crippen LogP contribution in [-0.4, -0.2) is 24.0 Å². The lowest BCUT2D eigenvalue weighted by Gasteiger charge is -2.42. The summed E-state index contributed by atoms with van der Waals surface area (Å²) in [6.07, 6.45) is 6.07. The van der Waals surface area contributed by atoms with Crippen LogP contribution in [0.2, 0.25) is 0 Å². The fraction of sp³-hybridized carbons (Fsp3) is 0.588. The van der Waals surface area contributed by atoms with Crippen molar-refractivity contribution in [1.82, 2.24) is 10.2 Å². The predicted octanol–water partition coefficient (Wildman–Crippen LogP) is 3.53. The third kappa shape index (κ3) is 3.32. The molecule has 1 N–H and O–H groups in total. The zero-order valence-electron chi connectivity index (χ0n) is 12.5. The van der Waals surface area contributed by atoms with Crippen molar-refractivity contribution in [3.05, 3.63) is 34.3 Å². The van der Waals surface area contributed by atoms with Gasteiger partial charge in [0.2, 0.25) is 5.91 Å². The van der Waals surface area contributed by atoms with E-state index in [1.165, 1.54) is 24.8 Å². The molecule has 1 aliphatic carbocycles. The van der Waals surface area contributed by atoms with E-state index < -0.39 is 0 Å². The topological polar surface area (TPSA) is 32.3 Å². The zero-order valence-corrected chi connectivity index (χ0v) is 14.1. The Labute approximate surface area is 135 Å². The molecule has 1 saturated heterocycles. The largest absolute Gasteiger partial charge is 0.340 e. The first kappa shape index (κ1) is 15.0. The lowest BCUT2D eigenvalue weighted by Crippen LogP contribution is -2.55. The van der Waals surface area contributed by atoms with Gasteiger partial charge in [-0.05, 0) is 43.9 Å². The van der Waals surface area contributed by atoms with E-state index in [1.807, 2.05) is 6.07 Å². The number of carbonyl (C=O) groups excluding carboxylic acids is 1. The van der Waals surface area contributed by atoms with E-state index in [9.17, 15) is 4.79 Å². The van der Waals surface area contributed by atoms with Gasteiger partial charge in [-0.1, -0.05) is 47.0 Å². The maximum Gasteiger partial charge on any atom is 0.224 e. The number of nitrogens with zero attached hydrogens (tertiary/aromatic N) is 1. The van der Waals surface area contributed by atoms with Crippen molar-refractivity contribution in [3.8, 4) is 0 Å². The van der Waals surface area contributed by atoms with Crippen LogP contribution in [-0.2, 0) is 11.3 Å². The SMILES string of the molecule is CN(Cc1ccccc1Br)C1CC2CCCCC2C(=O)N1. The van der Waals surface area contributed by atoms with E-state index in [-0.39, 0.29) is 18.0 Å². The van der Waals surface area contributed by atoms with Gasteiger partial charge in [0.1, 0.15) is 0 Å². The van der Waals surface area contributed by atoms with Crippen molar-refractivity contribution in [2.75, 3.05) is 7.05 Å². The summed E-state index contributed by atoms with van der Waals surface area (Å²) in [6.45, 7) is 0.851. The molecule has 0 spiro atoms. The minimum absolute atomic E-state index is 0.170. The number of hydrogen-bond donors (Lipinski definition) is 1.